The summed E-state index contributed by atoms with van der Waals surface area (Å²) in [7, 11) is 1.60. The first-order valence-electron chi connectivity index (χ1n) is 9.35. The smallest absolute Gasteiger partial charge is 0.254 e. The monoisotopic (exact) mass is 361 g/mol. The Morgan fingerprint density at radius 3 is 2.19 bits per heavy atom. The Bertz CT molecular complexity index is 639. The first kappa shape index (κ1) is 20.2. The van der Waals surface area contributed by atoms with Gasteiger partial charge in [-0.1, -0.05) is 19.9 Å². The van der Waals surface area contributed by atoms with Crippen molar-refractivity contribution in [3.05, 3.63) is 29.3 Å². The van der Waals surface area contributed by atoms with Crippen LogP contribution in [0.1, 0.15) is 42.6 Å². The number of benzene rings is 1. The van der Waals surface area contributed by atoms with Crippen molar-refractivity contribution >= 4 is 11.8 Å². The molecule has 1 saturated heterocycles. The molecule has 2 rings (SSSR count). The van der Waals surface area contributed by atoms with Crippen LogP contribution in [0.4, 0.5) is 0 Å². The lowest BCUT2D eigenvalue weighted by molar-refractivity contribution is -0.143. The van der Waals surface area contributed by atoms with Crippen molar-refractivity contribution in [2.45, 2.75) is 33.6 Å². The van der Waals surface area contributed by atoms with Crippen molar-refractivity contribution in [3.8, 4) is 5.75 Å². The molecular formula is C20H31N3O3. The zero-order valence-electron chi connectivity index (χ0n) is 16.4. The molecule has 0 saturated carbocycles. The lowest BCUT2D eigenvalue weighted by atomic mass is 9.81. The number of nitrogens with zero attached hydrogens (tertiary/aromatic N) is 2. The quantitative estimate of drug-likeness (QED) is 0.841. The molecule has 1 aliphatic heterocycles. The summed E-state index contributed by atoms with van der Waals surface area (Å²) < 4.78 is 5.31. The molecule has 1 aliphatic rings. The summed E-state index contributed by atoms with van der Waals surface area (Å²) >= 11 is 0. The molecule has 0 bridgehead atoms. The number of methoxy groups -OCH3 is 1. The van der Waals surface area contributed by atoms with E-state index in [2.05, 4.69) is 0 Å². The highest BCUT2D eigenvalue weighted by Crippen LogP contribution is 2.28. The van der Waals surface area contributed by atoms with Crippen LogP contribution in [0.5, 0.6) is 5.75 Å². The van der Waals surface area contributed by atoms with Crippen LogP contribution < -0.4 is 10.5 Å². The predicted molar refractivity (Wildman–Crippen MR) is 102 cm³/mol. The summed E-state index contributed by atoms with van der Waals surface area (Å²) in [5, 5.41) is 0. The fourth-order valence-electron chi connectivity index (χ4n) is 3.51. The third-order valence-electron chi connectivity index (χ3n) is 5.71. The Balaban J connectivity index is 2.04. The van der Waals surface area contributed by atoms with Crippen molar-refractivity contribution in [2.24, 2.45) is 11.1 Å². The Morgan fingerprint density at radius 1 is 1.12 bits per heavy atom. The van der Waals surface area contributed by atoms with Crippen LogP contribution in [-0.2, 0) is 4.79 Å². The van der Waals surface area contributed by atoms with E-state index in [-0.39, 0.29) is 11.8 Å². The Morgan fingerprint density at radius 2 is 1.69 bits per heavy atom. The fraction of sp³-hybridized carbons (Fsp3) is 0.600. The van der Waals surface area contributed by atoms with Gasteiger partial charge in [0, 0.05) is 38.3 Å². The molecule has 0 spiro atoms. The first-order chi connectivity index (χ1) is 12.4. The lowest BCUT2D eigenvalue weighted by Crippen LogP contribution is -2.55. The van der Waals surface area contributed by atoms with Gasteiger partial charge >= 0.3 is 0 Å². The second kappa shape index (κ2) is 8.54. The number of hydrogen-bond donors (Lipinski definition) is 1. The van der Waals surface area contributed by atoms with E-state index in [1.165, 1.54) is 0 Å². The Kier molecular flexibility index (Phi) is 6.64. The van der Waals surface area contributed by atoms with Crippen LogP contribution in [0.25, 0.3) is 0 Å². The summed E-state index contributed by atoms with van der Waals surface area (Å²) in [5.74, 6) is 0.809. The molecular weight excluding hydrogens is 330 g/mol. The van der Waals surface area contributed by atoms with Gasteiger partial charge in [-0.05, 0) is 37.5 Å². The summed E-state index contributed by atoms with van der Waals surface area (Å²) in [4.78, 5) is 29.3. The summed E-state index contributed by atoms with van der Waals surface area (Å²) in [6.45, 7) is 8.51. The summed E-state index contributed by atoms with van der Waals surface area (Å²) in [6.07, 6.45) is 1.47. The second-order valence-electron chi connectivity index (χ2n) is 6.96. The number of carbonyl (C=O) groups excluding carboxylic acids is 2. The minimum absolute atomic E-state index is 0.0218. The number of rotatable bonds is 6. The Labute approximate surface area is 156 Å². The molecule has 1 heterocycles. The highest BCUT2D eigenvalue weighted by atomic mass is 16.5. The molecule has 0 unspecified atom stereocenters. The highest BCUT2D eigenvalue weighted by molar-refractivity contribution is 5.95. The maximum absolute atomic E-state index is 12.9. The van der Waals surface area contributed by atoms with Crippen LogP contribution in [0, 0.1) is 12.3 Å². The predicted octanol–water partition coefficient (Wildman–Crippen LogP) is 2.05. The number of ether oxygens (including phenoxy) is 1. The number of hydrogen-bond acceptors (Lipinski definition) is 4. The van der Waals surface area contributed by atoms with E-state index in [1.807, 2.05) is 37.8 Å². The lowest BCUT2D eigenvalue weighted by Gasteiger charge is -2.40. The van der Waals surface area contributed by atoms with Crippen LogP contribution in [0.15, 0.2) is 18.2 Å². The van der Waals surface area contributed by atoms with Crippen molar-refractivity contribution in [2.75, 3.05) is 39.8 Å². The maximum atomic E-state index is 12.9. The standard InChI is InChI=1S/C20H31N3O3/c1-5-20(6-2,14-21)19(25)23-11-9-22(10-12-23)18(24)16-8-7-15(3)17(13-16)26-4/h7-8,13H,5-6,9-12,14,21H2,1-4H3. The van der Waals surface area contributed by atoms with Crippen molar-refractivity contribution < 1.29 is 14.3 Å². The van der Waals surface area contributed by atoms with E-state index in [1.54, 1.807) is 18.1 Å². The molecule has 26 heavy (non-hydrogen) atoms. The second-order valence-corrected chi connectivity index (χ2v) is 6.96. The number of piperazine rings is 1. The average molecular weight is 361 g/mol. The highest BCUT2D eigenvalue weighted by Gasteiger charge is 2.38. The minimum atomic E-state index is -0.476. The molecule has 2 N–H and O–H groups in total. The molecule has 1 aromatic rings. The maximum Gasteiger partial charge on any atom is 0.254 e. The SMILES string of the molecule is CCC(CC)(CN)C(=O)N1CCN(C(=O)c2ccc(C)c(OC)c2)CC1. The zero-order chi connectivity index (χ0) is 19.3. The van der Waals surface area contributed by atoms with Crippen molar-refractivity contribution in [3.63, 3.8) is 0 Å². The number of aryl methyl sites for hydroxylation is 1. The van der Waals surface area contributed by atoms with E-state index in [0.29, 0.717) is 44.0 Å². The third-order valence-corrected chi connectivity index (χ3v) is 5.71. The van der Waals surface area contributed by atoms with Gasteiger partial charge in [0.15, 0.2) is 0 Å². The first-order valence-corrected chi connectivity index (χ1v) is 9.35. The van der Waals surface area contributed by atoms with Crippen LogP contribution in [0.2, 0.25) is 0 Å². The number of amides is 2. The molecule has 6 nitrogen and oxygen atoms in total. The molecule has 6 heteroatoms. The van der Waals surface area contributed by atoms with Gasteiger partial charge in [-0.25, -0.2) is 0 Å². The minimum Gasteiger partial charge on any atom is -0.496 e. The zero-order valence-corrected chi connectivity index (χ0v) is 16.4. The molecule has 0 aromatic heterocycles. The molecule has 0 aliphatic carbocycles. The third kappa shape index (κ3) is 3.85. The number of nitrogens with two attached hydrogens (primary N) is 1. The van der Waals surface area contributed by atoms with Gasteiger partial charge < -0.3 is 20.3 Å². The normalized spacial score (nSPS) is 15.1. The van der Waals surface area contributed by atoms with Gasteiger partial charge in [-0.15, -0.1) is 0 Å². The Hall–Kier alpha value is -2.08. The average Bonchev–Trinajstić information content (AvgIpc) is 2.69. The van der Waals surface area contributed by atoms with Crippen LogP contribution in [-0.4, -0.2) is 61.4 Å². The van der Waals surface area contributed by atoms with Gasteiger partial charge in [0.25, 0.3) is 5.91 Å². The molecule has 1 fully saturated rings. The fourth-order valence-corrected chi connectivity index (χ4v) is 3.51. The van der Waals surface area contributed by atoms with Gasteiger partial charge in [-0.2, -0.15) is 0 Å². The molecule has 0 atom stereocenters. The van der Waals surface area contributed by atoms with Crippen LogP contribution >= 0.6 is 0 Å². The molecule has 1 aromatic carbocycles. The van der Waals surface area contributed by atoms with E-state index >= 15 is 0 Å². The van der Waals surface area contributed by atoms with E-state index in [9.17, 15) is 9.59 Å². The van der Waals surface area contributed by atoms with Gasteiger partial charge in [-0.3, -0.25) is 9.59 Å². The summed E-state index contributed by atoms with van der Waals surface area (Å²) in [6, 6.07) is 5.50. The van der Waals surface area contributed by atoms with Gasteiger partial charge in [0.05, 0.1) is 12.5 Å². The largest absolute Gasteiger partial charge is 0.496 e. The van der Waals surface area contributed by atoms with E-state index in [0.717, 1.165) is 18.4 Å². The van der Waals surface area contributed by atoms with E-state index in [4.69, 9.17) is 10.5 Å². The number of carbonyl (C=O) groups is 2. The van der Waals surface area contributed by atoms with Crippen LogP contribution in [0.3, 0.4) is 0 Å². The van der Waals surface area contributed by atoms with Crippen molar-refractivity contribution in [1.29, 1.82) is 0 Å². The topological polar surface area (TPSA) is 75.9 Å². The van der Waals surface area contributed by atoms with Gasteiger partial charge in [0.2, 0.25) is 5.91 Å². The van der Waals surface area contributed by atoms with Gasteiger partial charge in [0.1, 0.15) is 5.75 Å². The van der Waals surface area contributed by atoms with Crippen molar-refractivity contribution in [1.82, 2.24) is 9.80 Å². The summed E-state index contributed by atoms with van der Waals surface area (Å²) in [5.41, 5.74) is 7.04. The van der Waals surface area contributed by atoms with E-state index < -0.39 is 5.41 Å². The molecule has 144 valence electrons. The molecule has 0 radical (unpaired) electrons. The molecule has 2 amide bonds.